The maximum Gasteiger partial charge on any atom is 0.274 e. The molecule has 29 heavy (non-hydrogen) atoms. The monoisotopic (exact) mass is 394 g/mol. The Kier molecular flexibility index (Phi) is 4.99. The largest absolute Gasteiger partial charge is 0.497 e. The molecule has 0 bridgehead atoms. The first kappa shape index (κ1) is 18.7. The standard InChI is InChI=1S/C21H19FN4O3/c1-26(21(27)13-3-6-15(22)7-4-13)10-9-19-24-20(29-25-19)18-11-14-5-8-16(28-2)12-17(14)23-18/h3-8,11-12,23H,9-10H2,1-2H3. The number of amides is 1. The van der Waals surface area contributed by atoms with Gasteiger partial charge in [-0.3, -0.25) is 4.79 Å². The van der Waals surface area contributed by atoms with Crippen LogP contribution in [0.4, 0.5) is 4.39 Å². The fraction of sp³-hybridized carbons (Fsp3) is 0.190. The van der Waals surface area contributed by atoms with Crippen molar-refractivity contribution in [2.75, 3.05) is 20.7 Å². The van der Waals surface area contributed by atoms with Gasteiger partial charge in [0.25, 0.3) is 11.8 Å². The fourth-order valence-corrected chi connectivity index (χ4v) is 3.00. The van der Waals surface area contributed by atoms with E-state index in [1.165, 1.54) is 24.3 Å². The minimum Gasteiger partial charge on any atom is -0.497 e. The van der Waals surface area contributed by atoms with Crippen molar-refractivity contribution in [1.82, 2.24) is 20.0 Å². The Bertz CT molecular complexity index is 1150. The number of hydrogen-bond acceptors (Lipinski definition) is 5. The van der Waals surface area contributed by atoms with Gasteiger partial charge in [-0.2, -0.15) is 4.98 Å². The van der Waals surface area contributed by atoms with Crippen LogP contribution >= 0.6 is 0 Å². The lowest BCUT2D eigenvalue weighted by Crippen LogP contribution is -2.29. The maximum atomic E-state index is 13.0. The highest BCUT2D eigenvalue weighted by Gasteiger charge is 2.15. The maximum absolute atomic E-state index is 13.0. The van der Waals surface area contributed by atoms with Gasteiger partial charge in [0, 0.05) is 42.5 Å². The average Bonchev–Trinajstić information content (AvgIpc) is 3.38. The fourth-order valence-electron chi connectivity index (χ4n) is 3.00. The number of aromatic nitrogens is 3. The van der Waals surface area contributed by atoms with E-state index in [2.05, 4.69) is 15.1 Å². The molecule has 148 valence electrons. The number of fused-ring (bicyclic) bond motifs is 1. The predicted octanol–water partition coefficient (Wildman–Crippen LogP) is 3.68. The second kappa shape index (κ2) is 7.75. The molecule has 2 aromatic carbocycles. The Morgan fingerprint density at radius 3 is 2.76 bits per heavy atom. The zero-order chi connectivity index (χ0) is 20.4. The molecule has 2 heterocycles. The molecule has 8 heteroatoms. The number of rotatable bonds is 6. The second-order valence-corrected chi connectivity index (χ2v) is 6.64. The Balaban J connectivity index is 1.42. The molecule has 0 saturated carbocycles. The number of halogens is 1. The van der Waals surface area contributed by atoms with Crippen molar-refractivity contribution in [3.8, 4) is 17.3 Å². The van der Waals surface area contributed by atoms with E-state index in [4.69, 9.17) is 9.26 Å². The van der Waals surface area contributed by atoms with Crippen LogP contribution in [-0.4, -0.2) is 46.6 Å². The summed E-state index contributed by atoms with van der Waals surface area (Å²) in [4.78, 5) is 21.6. The molecule has 0 aliphatic heterocycles. The van der Waals surface area contributed by atoms with Crippen molar-refractivity contribution in [3.63, 3.8) is 0 Å². The lowest BCUT2D eigenvalue weighted by Gasteiger charge is -2.16. The van der Waals surface area contributed by atoms with E-state index in [9.17, 15) is 9.18 Å². The topological polar surface area (TPSA) is 84.2 Å². The highest BCUT2D eigenvalue weighted by atomic mass is 19.1. The third-order valence-corrected chi connectivity index (χ3v) is 4.64. The molecule has 1 amide bonds. The molecule has 0 atom stereocenters. The number of carbonyl (C=O) groups is 1. The molecule has 4 aromatic rings. The van der Waals surface area contributed by atoms with E-state index < -0.39 is 0 Å². The van der Waals surface area contributed by atoms with Crippen molar-refractivity contribution >= 4 is 16.8 Å². The summed E-state index contributed by atoms with van der Waals surface area (Å²) in [7, 11) is 3.30. The summed E-state index contributed by atoms with van der Waals surface area (Å²) in [6.07, 6.45) is 0.432. The summed E-state index contributed by atoms with van der Waals surface area (Å²) < 4.78 is 23.6. The van der Waals surface area contributed by atoms with Crippen LogP contribution in [0.3, 0.4) is 0 Å². The Morgan fingerprint density at radius 2 is 2.00 bits per heavy atom. The van der Waals surface area contributed by atoms with Crippen LogP contribution in [-0.2, 0) is 6.42 Å². The summed E-state index contributed by atoms with van der Waals surface area (Å²) in [6.45, 7) is 0.402. The smallest absolute Gasteiger partial charge is 0.274 e. The van der Waals surface area contributed by atoms with Gasteiger partial charge >= 0.3 is 0 Å². The normalized spacial score (nSPS) is 11.0. The van der Waals surface area contributed by atoms with Crippen LogP contribution in [0.15, 0.2) is 53.1 Å². The Hall–Kier alpha value is -3.68. The third-order valence-electron chi connectivity index (χ3n) is 4.64. The van der Waals surface area contributed by atoms with Gasteiger partial charge in [0.1, 0.15) is 17.3 Å². The van der Waals surface area contributed by atoms with Gasteiger partial charge in [0.2, 0.25) is 0 Å². The first-order valence-corrected chi connectivity index (χ1v) is 9.04. The molecule has 4 rings (SSSR count). The van der Waals surface area contributed by atoms with Gasteiger partial charge in [0.05, 0.1) is 7.11 Å². The van der Waals surface area contributed by atoms with E-state index in [0.29, 0.717) is 35.9 Å². The summed E-state index contributed by atoms with van der Waals surface area (Å²) in [5.41, 5.74) is 2.04. The number of nitrogens with zero attached hydrogens (tertiary/aromatic N) is 3. The highest BCUT2D eigenvalue weighted by Crippen LogP contribution is 2.26. The zero-order valence-corrected chi connectivity index (χ0v) is 16.0. The molecule has 0 spiro atoms. The number of H-pyrrole nitrogens is 1. The molecule has 0 aliphatic rings. The van der Waals surface area contributed by atoms with Gasteiger partial charge in [-0.25, -0.2) is 4.39 Å². The van der Waals surface area contributed by atoms with E-state index in [1.807, 2.05) is 24.3 Å². The molecule has 0 unspecified atom stereocenters. The van der Waals surface area contributed by atoms with Gasteiger partial charge in [-0.15, -0.1) is 0 Å². The van der Waals surface area contributed by atoms with Gasteiger partial charge < -0.3 is 19.1 Å². The molecular weight excluding hydrogens is 375 g/mol. The van der Waals surface area contributed by atoms with Crippen LogP contribution in [0.2, 0.25) is 0 Å². The van der Waals surface area contributed by atoms with Crippen molar-refractivity contribution in [3.05, 3.63) is 65.7 Å². The van der Waals surface area contributed by atoms with Gasteiger partial charge in [-0.05, 0) is 42.5 Å². The molecule has 0 fully saturated rings. The Labute approximate surface area is 166 Å². The summed E-state index contributed by atoms with van der Waals surface area (Å²) in [6, 6.07) is 13.1. The van der Waals surface area contributed by atoms with Crippen molar-refractivity contribution in [2.24, 2.45) is 0 Å². The highest BCUT2D eigenvalue weighted by molar-refractivity contribution is 5.94. The molecule has 1 N–H and O–H groups in total. The van der Waals surface area contributed by atoms with Crippen LogP contribution in [0.5, 0.6) is 5.75 Å². The van der Waals surface area contributed by atoms with Gasteiger partial charge in [-0.1, -0.05) is 5.16 Å². The third kappa shape index (κ3) is 3.96. The number of hydrogen-bond donors (Lipinski definition) is 1. The average molecular weight is 394 g/mol. The minimum absolute atomic E-state index is 0.196. The van der Waals surface area contributed by atoms with E-state index in [1.54, 1.807) is 19.1 Å². The van der Waals surface area contributed by atoms with E-state index in [-0.39, 0.29) is 11.7 Å². The lowest BCUT2D eigenvalue weighted by atomic mass is 10.2. The van der Waals surface area contributed by atoms with Crippen LogP contribution in [0.25, 0.3) is 22.5 Å². The molecule has 7 nitrogen and oxygen atoms in total. The molecule has 2 aromatic heterocycles. The van der Waals surface area contributed by atoms with Crippen molar-refractivity contribution in [1.29, 1.82) is 0 Å². The van der Waals surface area contributed by atoms with E-state index in [0.717, 1.165) is 16.7 Å². The summed E-state index contributed by atoms with van der Waals surface area (Å²) >= 11 is 0. The molecule has 0 radical (unpaired) electrons. The predicted molar refractivity (Wildman–Crippen MR) is 105 cm³/mol. The molecule has 0 saturated heterocycles. The number of ether oxygens (including phenoxy) is 1. The zero-order valence-electron chi connectivity index (χ0n) is 16.0. The quantitative estimate of drug-likeness (QED) is 0.539. The minimum atomic E-state index is -0.376. The molecular formula is C21H19FN4O3. The van der Waals surface area contributed by atoms with Crippen LogP contribution in [0, 0.1) is 5.82 Å². The SMILES string of the molecule is COc1ccc2cc(-c3nc(CCN(C)C(=O)c4ccc(F)cc4)no3)[nH]c2c1. The summed E-state index contributed by atoms with van der Waals surface area (Å²) in [5, 5.41) is 5.00. The number of aromatic amines is 1. The number of nitrogens with one attached hydrogen (secondary N) is 1. The second-order valence-electron chi connectivity index (χ2n) is 6.64. The lowest BCUT2D eigenvalue weighted by molar-refractivity contribution is 0.0795. The first-order valence-electron chi connectivity index (χ1n) is 9.04. The van der Waals surface area contributed by atoms with Gasteiger partial charge in [0.15, 0.2) is 5.82 Å². The van der Waals surface area contributed by atoms with E-state index >= 15 is 0 Å². The van der Waals surface area contributed by atoms with Crippen molar-refractivity contribution < 1.29 is 18.4 Å². The van der Waals surface area contributed by atoms with Crippen molar-refractivity contribution in [2.45, 2.75) is 6.42 Å². The number of likely N-dealkylation sites (N-methyl/N-ethyl adjacent to an activating group) is 1. The number of carbonyl (C=O) groups excluding carboxylic acids is 1. The van der Waals surface area contributed by atoms with Crippen LogP contribution in [0.1, 0.15) is 16.2 Å². The number of methoxy groups -OCH3 is 1. The summed E-state index contributed by atoms with van der Waals surface area (Å²) in [5.74, 6) is 1.06. The first-order chi connectivity index (χ1) is 14.0. The number of benzene rings is 2. The Morgan fingerprint density at radius 1 is 1.21 bits per heavy atom. The van der Waals surface area contributed by atoms with Crippen LogP contribution < -0.4 is 4.74 Å². The molecule has 0 aliphatic carbocycles.